The Labute approximate surface area is 85.8 Å². The summed E-state index contributed by atoms with van der Waals surface area (Å²) < 4.78 is 0. The van der Waals surface area contributed by atoms with Crippen LogP contribution in [0.5, 0.6) is 0 Å². The Morgan fingerprint density at radius 2 is 2.14 bits per heavy atom. The van der Waals surface area contributed by atoms with Crippen LogP contribution < -0.4 is 0 Å². The van der Waals surface area contributed by atoms with E-state index in [1.165, 1.54) is 12.0 Å². The number of rotatable bonds is 1. The highest BCUT2D eigenvalue weighted by molar-refractivity contribution is 5.30. The molecular weight excluding hydrogens is 172 g/mol. The summed E-state index contributed by atoms with van der Waals surface area (Å²) in [5, 5.41) is 10.2. The lowest BCUT2D eigenvalue weighted by molar-refractivity contribution is 0.103. The normalized spacial score (nSPS) is 26.7. The van der Waals surface area contributed by atoms with Gasteiger partial charge in [-0.3, -0.25) is 0 Å². The highest BCUT2D eigenvalue weighted by atomic mass is 16.3. The SMILES string of the molecule is CCC1CCCc2ccccc2C1O. The van der Waals surface area contributed by atoms with Gasteiger partial charge in [0.05, 0.1) is 6.10 Å². The van der Waals surface area contributed by atoms with E-state index in [0.29, 0.717) is 5.92 Å². The Kier molecular flexibility index (Phi) is 2.87. The van der Waals surface area contributed by atoms with Crippen molar-refractivity contribution < 1.29 is 5.11 Å². The van der Waals surface area contributed by atoms with E-state index in [1.807, 2.05) is 6.07 Å². The van der Waals surface area contributed by atoms with Crippen LogP contribution in [-0.2, 0) is 6.42 Å². The van der Waals surface area contributed by atoms with Crippen LogP contribution in [0.3, 0.4) is 0 Å². The van der Waals surface area contributed by atoms with Gasteiger partial charge < -0.3 is 5.11 Å². The van der Waals surface area contributed by atoms with Crippen LogP contribution in [0.4, 0.5) is 0 Å². The predicted molar refractivity (Wildman–Crippen MR) is 58.1 cm³/mol. The van der Waals surface area contributed by atoms with Crippen molar-refractivity contribution >= 4 is 0 Å². The molecule has 0 spiro atoms. The van der Waals surface area contributed by atoms with Gasteiger partial charge >= 0.3 is 0 Å². The van der Waals surface area contributed by atoms with E-state index in [4.69, 9.17) is 0 Å². The molecule has 2 atom stereocenters. The Bertz CT molecular complexity index is 306. The Balaban J connectivity index is 2.34. The number of fused-ring (bicyclic) bond motifs is 1. The van der Waals surface area contributed by atoms with Crippen molar-refractivity contribution in [1.82, 2.24) is 0 Å². The molecular formula is C13H18O. The fourth-order valence-electron chi connectivity index (χ4n) is 2.44. The molecule has 2 rings (SSSR count). The molecule has 0 saturated heterocycles. The van der Waals surface area contributed by atoms with Gasteiger partial charge in [0, 0.05) is 0 Å². The van der Waals surface area contributed by atoms with Crippen LogP contribution in [0.1, 0.15) is 43.4 Å². The second-order valence-electron chi connectivity index (χ2n) is 4.20. The highest BCUT2D eigenvalue weighted by Gasteiger charge is 2.23. The van der Waals surface area contributed by atoms with Crippen LogP contribution in [0.15, 0.2) is 24.3 Å². The summed E-state index contributed by atoms with van der Waals surface area (Å²) in [5.74, 6) is 0.457. The second kappa shape index (κ2) is 4.14. The minimum Gasteiger partial charge on any atom is -0.388 e. The number of benzene rings is 1. The maximum atomic E-state index is 10.2. The van der Waals surface area contributed by atoms with Gasteiger partial charge in [-0.15, -0.1) is 0 Å². The van der Waals surface area contributed by atoms with E-state index in [0.717, 1.165) is 24.8 Å². The maximum absolute atomic E-state index is 10.2. The molecule has 0 aromatic heterocycles. The van der Waals surface area contributed by atoms with E-state index in [1.54, 1.807) is 0 Å². The monoisotopic (exact) mass is 190 g/mol. The molecule has 0 fully saturated rings. The van der Waals surface area contributed by atoms with Crippen LogP contribution in [0, 0.1) is 5.92 Å². The Hall–Kier alpha value is -0.820. The molecule has 0 amide bonds. The number of hydrogen-bond donors (Lipinski definition) is 1. The fourth-order valence-corrected chi connectivity index (χ4v) is 2.44. The molecule has 1 aliphatic carbocycles. The molecule has 1 aliphatic rings. The van der Waals surface area contributed by atoms with Crippen molar-refractivity contribution in [1.29, 1.82) is 0 Å². The Morgan fingerprint density at radius 3 is 2.93 bits per heavy atom. The van der Waals surface area contributed by atoms with E-state index in [2.05, 4.69) is 25.1 Å². The number of aliphatic hydroxyl groups excluding tert-OH is 1. The van der Waals surface area contributed by atoms with Crippen molar-refractivity contribution in [2.75, 3.05) is 0 Å². The van der Waals surface area contributed by atoms with Gasteiger partial charge in [0.1, 0.15) is 0 Å². The topological polar surface area (TPSA) is 20.2 Å². The summed E-state index contributed by atoms with van der Waals surface area (Å²) in [6.45, 7) is 2.17. The van der Waals surface area contributed by atoms with Crippen molar-refractivity contribution in [2.45, 2.75) is 38.7 Å². The van der Waals surface area contributed by atoms with Crippen LogP contribution in [0.2, 0.25) is 0 Å². The molecule has 0 saturated carbocycles. The van der Waals surface area contributed by atoms with E-state index < -0.39 is 0 Å². The number of hydrogen-bond acceptors (Lipinski definition) is 1. The van der Waals surface area contributed by atoms with Gasteiger partial charge in [0.15, 0.2) is 0 Å². The fraction of sp³-hybridized carbons (Fsp3) is 0.538. The molecule has 2 unspecified atom stereocenters. The molecule has 76 valence electrons. The molecule has 0 aliphatic heterocycles. The lowest BCUT2D eigenvalue weighted by Gasteiger charge is -2.20. The summed E-state index contributed by atoms with van der Waals surface area (Å²) in [5.41, 5.74) is 2.51. The predicted octanol–water partition coefficient (Wildman–Crippen LogP) is 3.08. The average Bonchev–Trinajstić information content (AvgIpc) is 2.39. The first kappa shape index (κ1) is 9.72. The third kappa shape index (κ3) is 1.69. The minimum absolute atomic E-state index is 0.237. The van der Waals surface area contributed by atoms with Gasteiger partial charge in [0.25, 0.3) is 0 Å². The Morgan fingerprint density at radius 1 is 1.36 bits per heavy atom. The first-order valence-corrected chi connectivity index (χ1v) is 5.58. The van der Waals surface area contributed by atoms with E-state index in [-0.39, 0.29) is 6.10 Å². The first-order chi connectivity index (χ1) is 6.83. The maximum Gasteiger partial charge on any atom is 0.0820 e. The summed E-state index contributed by atoms with van der Waals surface area (Å²) in [6, 6.07) is 8.32. The summed E-state index contributed by atoms with van der Waals surface area (Å²) >= 11 is 0. The molecule has 1 heteroatoms. The van der Waals surface area contributed by atoms with Crippen LogP contribution in [0.25, 0.3) is 0 Å². The molecule has 0 bridgehead atoms. The zero-order valence-corrected chi connectivity index (χ0v) is 8.74. The van der Waals surface area contributed by atoms with Crippen molar-refractivity contribution in [3.05, 3.63) is 35.4 Å². The lowest BCUT2D eigenvalue weighted by atomic mass is 9.91. The zero-order valence-electron chi connectivity index (χ0n) is 8.74. The smallest absolute Gasteiger partial charge is 0.0820 e. The molecule has 14 heavy (non-hydrogen) atoms. The standard InChI is InChI=1S/C13H18O/c1-2-10-7-5-8-11-6-3-4-9-12(11)13(10)14/h3-4,6,9-10,13-14H,2,5,7-8H2,1H3. The van der Waals surface area contributed by atoms with Gasteiger partial charge in [0.2, 0.25) is 0 Å². The van der Waals surface area contributed by atoms with E-state index >= 15 is 0 Å². The van der Waals surface area contributed by atoms with Crippen molar-refractivity contribution in [2.24, 2.45) is 5.92 Å². The van der Waals surface area contributed by atoms with Gasteiger partial charge in [-0.05, 0) is 36.3 Å². The average molecular weight is 190 g/mol. The molecule has 1 nitrogen and oxygen atoms in total. The molecule has 0 radical (unpaired) electrons. The highest BCUT2D eigenvalue weighted by Crippen LogP contribution is 2.34. The zero-order chi connectivity index (χ0) is 9.97. The number of aliphatic hydroxyl groups is 1. The third-order valence-electron chi connectivity index (χ3n) is 3.37. The lowest BCUT2D eigenvalue weighted by Crippen LogP contribution is -2.10. The van der Waals surface area contributed by atoms with Crippen molar-refractivity contribution in [3.8, 4) is 0 Å². The quantitative estimate of drug-likeness (QED) is 0.675. The molecule has 0 heterocycles. The minimum atomic E-state index is -0.237. The van der Waals surface area contributed by atoms with Gasteiger partial charge in [-0.2, -0.15) is 0 Å². The number of aryl methyl sites for hydroxylation is 1. The van der Waals surface area contributed by atoms with Gasteiger partial charge in [-0.1, -0.05) is 37.6 Å². The van der Waals surface area contributed by atoms with E-state index in [9.17, 15) is 5.11 Å². The summed E-state index contributed by atoms with van der Waals surface area (Å²) in [7, 11) is 0. The van der Waals surface area contributed by atoms with Crippen LogP contribution in [-0.4, -0.2) is 5.11 Å². The third-order valence-corrected chi connectivity index (χ3v) is 3.37. The molecule has 1 aromatic carbocycles. The largest absolute Gasteiger partial charge is 0.388 e. The van der Waals surface area contributed by atoms with Crippen LogP contribution >= 0.6 is 0 Å². The molecule has 1 aromatic rings. The molecule has 1 N–H and O–H groups in total. The summed E-state index contributed by atoms with van der Waals surface area (Å²) in [4.78, 5) is 0. The second-order valence-corrected chi connectivity index (χ2v) is 4.20. The first-order valence-electron chi connectivity index (χ1n) is 5.58. The summed E-state index contributed by atoms with van der Waals surface area (Å²) in [6.07, 6.45) is 4.34. The van der Waals surface area contributed by atoms with Crippen molar-refractivity contribution in [3.63, 3.8) is 0 Å². The van der Waals surface area contributed by atoms with Gasteiger partial charge in [-0.25, -0.2) is 0 Å².